The molecule has 3 aromatic heterocycles. The molecule has 7 aromatic carbocycles. The maximum atomic E-state index is 6.91. The zero-order valence-corrected chi connectivity index (χ0v) is 24.3. The molecular formula is C42H26N2O. The van der Waals surface area contributed by atoms with Gasteiger partial charge in [0, 0.05) is 38.3 Å². The van der Waals surface area contributed by atoms with Crippen LogP contribution in [0.4, 0.5) is 0 Å². The molecule has 0 aliphatic heterocycles. The summed E-state index contributed by atoms with van der Waals surface area (Å²) in [5.74, 6) is 0. The van der Waals surface area contributed by atoms with Gasteiger partial charge in [-0.2, -0.15) is 0 Å². The summed E-state index contributed by atoms with van der Waals surface area (Å²) in [6.07, 6.45) is 0. The van der Waals surface area contributed by atoms with Gasteiger partial charge in [-0.05, 0) is 53.6 Å². The molecule has 3 heterocycles. The van der Waals surface area contributed by atoms with E-state index in [9.17, 15) is 0 Å². The molecule has 0 fully saturated rings. The fraction of sp³-hybridized carbons (Fsp3) is 0. The molecule has 0 aliphatic rings. The number of aromatic nitrogens is 2. The van der Waals surface area contributed by atoms with Crippen molar-refractivity contribution in [3.05, 3.63) is 158 Å². The van der Waals surface area contributed by atoms with Crippen molar-refractivity contribution in [2.24, 2.45) is 0 Å². The number of furan rings is 1. The molecule has 10 rings (SSSR count). The minimum absolute atomic E-state index is 0.891. The number of nitrogens with zero attached hydrogens (tertiary/aromatic N) is 2. The van der Waals surface area contributed by atoms with Crippen LogP contribution in [0.25, 0.3) is 88.1 Å². The summed E-state index contributed by atoms with van der Waals surface area (Å²) in [6, 6.07) is 56.2. The molecule has 45 heavy (non-hydrogen) atoms. The fourth-order valence-corrected chi connectivity index (χ4v) is 7.43. The van der Waals surface area contributed by atoms with Gasteiger partial charge in [0.15, 0.2) is 5.58 Å². The summed E-state index contributed by atoms with van der Waals surface area (Å²) < 4.78 is 11.7. The Kier molecular flexibility index (Phi) is 5.00. The Labute approximate surface area is 258 Å². The molecule has 0 spiro atoms. The summed E-state index contributed by atoms with van der Waals surface area (Å²) in [5, 5.41) is 7.16. The highest BCUT2D eigenvalue weighted by Gasteiger charge is 2.27. The average molecular weight is 575 g/mol. The van der Waals surface area contributed by atoms with Crippen LogP contribution in [0.2, 0.25) is 0 Å². The molecule has 0 bridgehead atoms. The SMILES string of the molecule is c1ccc(-c2ccc(-n3c4ccccc4c4c5c6ccccc6n(-c6ccccc6)c5c5c6ccccc6oc5c43)cc2)cc1. The highest BCUT2D eigenvalue weighted by molar-refractivity contribution is 6.39. The van der Waals surface area contributed by atoms with Crippen molar-refractivity contribution in [2.75, 3.05) is 0 Å². The highest BCUT2D eigenvalue weighted by atomic mass is 16.3. The highest BCUT2D eigenvalue weighted by Crippen LogP contribution is 2.49. The normalized spacial score (nSPS) is 12.0. The number of rotatable bonds is 3. The quantitative estimate of drug-likeness (QED) is 0.206. The van der Waals surface area contributed by atoms with E-state index in [1.54, 1.807) is 0 Å². The summed E-state index contributed by atoms with van der Waals surface area (Å²) in [5.41, 5.74) is 11.1. The molecule has 3 nitrogen and oxygen atoms in total. The van der Waals surface area contributed by atoms with Crippen molar-refractivity contribution in [1.82, 2.24) is 9.13 Å². The van der Waals surface area contributed by atoms with Gasteiger partial charge in [-0.1, -0.05) is 115 Å². The lowest BCUT2D eigenvalue weighted by atomic mass is 10.0. The molecule has 3 heteroatoms. The number of fused-ring (bicyclic) bond motifs is 12. The van der Waals surface area contributed by atoms with Crippen molar-refractivity contribution in [3.63, 3.8) is 0 Å². The topological polar surface area (TPSA) is 23.0 Å². The van der Waals surface area contributed by atoms with Gasteiger partial charge in [-0.15, -0.1) is 0 Å². The Bertz CT molecular complexity index is 2730. The molecule has 0 radical (unpaired) electrons. The number of para-hydroxylation sites is 4. The van der Waals surface area contributed by atoms with Gasteiger partial charge in [-0.3, -0.25) is 0 Å². The predicted molar refractivity (Wildman–Crippen MR) is 188 cm³/mol. The van der Waals surface area contributed by atoms with Crippen molar-refractivity contribution >= 4 is 65.6 Å². The second-order valence-electron chi connectivity index (χ2n) is 11.7. The first-order valence-corrected chi connectivity index (χ1v) is 15.4. The first kappa shape index (κ1) is 24.4. The molecular weight excluding hydrogens is 548 g/mol. The summed E-state index contributed by atoms with van der Waals surface area (Å²) in [7, 11) is 0. The first-order chi connectivity index (χ1) is 22.4. The Morgan fingerprint density at radius 2 is 0.844 bits per heavy atom. The largest absolute Gasteiger partial charge is 0.454 e. The summed E-state index contributed by atoms with van der Waals surface area (Å²) in [4.78, 5) is 0. The van der Waals surface area contributed by atoms with Crippen LogP contribution in [0.15, 0.2) is 162 Å². The molecule has 0 unspecified atom stereocenters. The third kappa shape index (κ3) is 3.35. The van der Waals surface area contributed by atoms with Gasteiger partial charge in [0.25, 0.3) is 0 Å². The summed E-state index contributed by atoms with van der Waals surface area (Å²) in [6.45, 7) is 0. The van der Waals surface area contributed by atoms with Crippen LogP contribution in [0.3, 0.4) is 0 Å². The lowest BCUT2D eigenvalue weighted by molar-refractivity contribution is 0.671. The Hall–Kier alpha value is -6.06. The van der Waals surface area contributed by atoms with E-state index in [1.165, 1.54) is 43.7 Å². The van der Waals surface area contributed by atoms with Crippen molar-refractivity contribution < 1.29 is 4.42 Å². The van der Waals surface area contributed by atoms with E-state index < -0.39 is 0 Å². The fourth-order valence-electron chi connectivity index (χ4n) is 7.43. The standard InChI is InChI=1S/C42H26N2O/c1-3-13-27(14-4-1)28-23-25-30(26-24-28)44-35-21-11-8-18-32(35)38-37-31-17-7-10-20-34(31)43(29-15-5-2-6-16-29)40(37)39-33-19-9-12-22-36(33)45-42(39)41(38)44/h1-26H. The van der Waals surface area contributed by atoms with E-state index in [4.69, 9.17) is 4.42 Å². The van der Waals surface area contributed by atoms with Crippen molar-refractivity contribution in [3.8, 4) is 22.5 Å². The average Bonchev–Trinajstić information content (AvgIpc) is 3.77. The van der Waals surface area contributed by atoms with Crippen LogP contribution in [0.1, 0.15) is 0 Å². The maximum Gasteiger partial charge on any atom is 0.162 e. The Morgan fingerprint density at radius 3 is 1.53 bits per heavy atom. The number of hydrogen-bond acceptors (Lipinski definition) is 1. The molecule has 0 saturated heterocycles. The van der Waals surface area contributed by atoms with Crippen LogP contribution in [-0.2, 0) is 0 Å². The smallest absolute Gasteiger partial charge is 0.162 e. The number of hydrogen-bond donors (Lipinski definition) is 0. The molecule has 0 N–H and O–H groups in total. The minimum Gasteiger partial charge on any atom is -0.454 e. The summed E-state index contributed by atoms with van der Waals surface area (Å²) >= 11 is 0. The van der Waals surface area contributed by atoms with Gasteiger partial charge in [0.2, 0.25) is 0 Å². The van der Waals surface area contributed by atoms with Crippen LogP contribution >= 0.6 is 0 Å². The van der Waals surface area contributed by atoms with Gasteiger partial charge >= 0.3 is 0 Å². The monoisotopic (exact) mass is 574 g/mol. The second kappa shape index (κ2) is 9.22. The maximum absolute atomic E-state index is 6.91. The van der Waals surface area contributed by atoms with Crippen LogP contribution in [0, 0.1) is 0 Å². The molecule has 0 amide bonds. The number of benzene rings is 7. The van der Waals surface area contributed by atoms with Crippen molar-refractivity contribution in [2.45, 2.75) is 0 Å². The van der Waals surface area contributed by atoms with Gasteiger partial charge in [-0.25, -0.2) is 0 Å². The van der Waals surface area contributed by atoms with Crippen molar-refractivity contribution in [1.29, 1.82) is 0 Å². The van der Waals surface area contributed by atoms with Crippen LogP contribution in [0.5, 0.6) is 0 Å². The van der Waals surface area contributed by atoms with Gasteiger partial charge in [0.1, 0.15) is 5.58 Å². The Morgan fingerprint density at radius 1 is 0.356 bits per heavy atom. The van der Waals surface area contributed by atoms with Crippen LogP contribution in [-0.4, -0.2) is 9.13 Å². The van der Waals surface area contributed by atoms with E-state index in [1.807, 2.05) is 0 Å². The zero-order valence-electron chi connectivity index (χ0n) is 24.3. The zero-order chi connectivity index (χ0) is 29.5. The molecule has 0 saturated carbocycles. The molecule has 0 atom stereocenters. The first-order valence-electron chi connectivity index (χ1n) is 15.4. The predicted octanol–water partition coefficient (Wildman–Crippen LogP) is 11.4. The van der Waals surface area contributed by atoms with E-state index >= 15 is 0 Å². The molecule has 210 valence electrons. The van der Waals surface area contributed by atoms with Gasteiger partial charge < -0.3 is 13.6 Å². The third-order valence-electron chi connectivity index (χ3n) is 9.29. The van der Waals surface area contributed by atoms with E-state index in [0.29, 0.717) is 0 Å². The van der Waals surface area contributed by atoms with E-state index in [0.717, 1.165) is 44.3 Å². The van der Waals surface area contributed by atoms with E-state index in [2.05, 4.69) is 167 Å². The molecule has 0 aliphatic carbocycles. The second-order valence-corrected chi connectivity index (χ2v) is 11.7. The molecule has 10 aromatic rings. The minimum atomic E-state index is 0.891. The lowest BCUT2D eigenvalue weighted by Gasteiger charge is -2.11. The van der Waals surface area contributed by atoms with Crippen LogP contribution < -0.4 is 0 Å². The Balaban J connectivity index is 1.45. The van der Waals surface area contributed by atoms with Gasteiger partial charge in [0.05, 0.1) is 27.5 Å². The third-order valence-corrected chi connectivity index (χ3v) is 9.29. The lowest BCUT2D eigenvalue weighted by Crippen LogP contribution is -1.96. The van der Waals surface area contributed by atoms with E-state index in [-0.39, 0.29) is 0 Å².